The lowest BCUT2D eigenvalue weighted by Crippen LogP contribution is -2.28. The zero-order chi connectivity index (χ0) is 16.4. The quantitative estimate of drug-likeness (QED) is 0.586. The van der Waals surface area contributed by atoms with Gasteiger partial charge in [-0.2, -0.15) is 0 Å². The minimum atomic E-state index is -0.0730. The van der Waals surface area contributed by atoms with E-state index < -0.39 is 0 Å². The van der Waals surface area contributed by atoms with Gasteiger partial charge in [-0.15, -0.1) is 0 Å². The molecule has 0 aromatic rings. The van der Waals surface area contributed by atoms with Crippen LogP contribution in [0.25, 0.3) is 0 Å². The summed E-state index contributed by atoms with van der Waals surface area (Å²) in [4.78, 5) is 0. The first-order chi connectivity index (χ1) is 10.1. The lowest BCUT2D eigenvalue weighted by Gasteiger charge is -2.30. The highest BCUT2D eigenvalue weighted by Crippen LogP contribution is 2.59. The first-order valence-corrected chi connectivity index (χ1v) is 9.15. The molecule has 0 radical (unpaired) electrons. The van der Waals surface area contributed by atoms with E-state index in [-0.39, 0.29) is 11.5 Å². The van der Waals surface area contributed by atoms with Crippen molar-refractivity contribution in [3.63, 3.8) is 0 Å². The molecule has 0 saturated heterocycles. The monoisotopic (exact) mass is 302 g/mol. The molecule has 0 aliphatic heterocycles. The molecule has 0 aromatic carbocycles. The molecular formula is C21H34O. The number of aliphatic hydroxyl groups excluding tert-OH is 1. The standard InChI is InChI=1S/C11H18.C10H16O/c1-7-5-10-6-11(7,4)9(3)8(10)2;1-6-7(2)10(3)5-8(6)4-9(10)11/h7,10H,5-6H2,1-4H3;8-9,11H,4-5H2,1-3H3. The van der Waals surface area contributed by atoms with Crippen LogP contribution < -0.4 is 0 Å². The second-order valence-corrected chi connectivity index (χ2v) is 9.14. The van der Waals surface area contributed by atoms with Crippen LogP contribution in [0.15, 0.2) is 22.3 Å². The molecule has 124 valence electrons. The summed E-state index contributed by atoms with van der Waals surface area (Å²) in [5.74, 6) is 2.56. The Hall–Kier alpha value is -0.560. The molecule has 6 unspecified atom stereocenters. The molecule has 0 heterocycles. The zero-order valence-electron chi connectivity index (χ0n) is 15.6. The van der Waals surface area contributed by atoms with Crippen molar-refractivity contribution in [1.82, 2.24) is 0 Å². The fourth-order valence-corrected chi connectivity index (χ4v) is 5.84. The Morgan fingerprint density at radius 2 is 1.27 bits per heavy atom. The third kappa shape index (κ3) is 2.00. The van der Waals surface area contributed by atoms with E-state index in [9.17, 15) is 5.11 Å². The van der Waals surface area contributed by atoms with Gasteiger partial charge in [-0.05, 0) is 76.5 Å². The maximum Gasteiger partial charge on any atom is 0.0636 e. The van der Waals surface area contributed by atoms with E-state index >= 15 is 0 Å². The van der Waals surface area contributed by atoms with Crippen molar-refractivity contribution in [3.8, 4) is 0 Å². The van der Waals surface area contributed by atoms with Crippen LogP contribution >= 0.6 is 0 Å². The average molecular weight is 303 g/mol. The smallest absolute Gasteiger partial charge is 0.0636 e. The van der Waals surface area contributed by atoms with Crippen LogP contribution in [0.4, 0.5) is 0 Å². The zero-order valence-corrected chi connectivity index (χ0v) is 15.6. The molecule has 1 heteroatoms. The van der Waals surface area contributed by atoms with E-state index in [1.807, 2.05) is 0 Å². The summed E-state index contributed by atoms with van der Waals surface area (Å²) in [6.07, 6.45) is 4.99. The van der Waals surface area contributed by atoms with Crippen LogP contribution in [0, 0.1) is 28.6 Å². The Balaban J connectivity index is 0.000000131. The van der Waals surface area contributed by atoms with E-state index in [1.54, 1.807) is 11.1 Å². The lowest BCUT2D eigenvalue weighted by molar-refractivity contribution is 0.0879. The molecule has 1 nitrogen and oxygen atoms in total. The Bertz CT molecular complexity index is 504. The Kier molecular flexibility index (Phi) is 3.68. The summed E-state index contributed by atoms with van der Waals surface area (Å²) < 4.78 is 0. The van der Waals surface area contributed by atoms with Crippen LogP contribution in [0.2, 0.25) is 0 Å². The predicted octanol–water partition coefficient (Wildman–Crippen LogP) is 5.50. The summed E-state index contributed by atoms with van der Waals surface area (Å²) in [5, 5.41) is 9.73. The highest BCUT2D eigenvalue weighted by molar-refractivity contribution is 5.33. The molecule has 1 N–H and O–H groups in total. The summed E-state index contributed by atoms with van der Waals surface area (Å²) in [6, 6.07) is 0. The van der Waals surface area contributed by atoms with E-state index in [0.29, 0.717) is 11.3 Å². The van der Waals surface area contributed by atoms with Crippen molar-refractivity contribution in [2.24, 2.45) is 28.6 Å². The van der Waals surface area contributed by atoms with Crippen LogP contribution in [-0.2, 0) is 0 Å². The largest absolute Gasteiger partial charge is 0.392 e. The Morgan fingerprint density at radius 1 is 0.818 bits per heavy atom. The third-order valence-corrected chi connectivity index (χ3v) is 8.43. The Labute approximate surface area is 136 Å². The molecule has 0 spiro atoms. The molecule has 4 aliphatic carbocycles. The van der Waals surface area contributed by atoms with Crippen LogP contribution in [-0.4, -0.2) is 11.2 Å². The van der Waals surface area contributed by atoms with Gasteiger partial charge in [0.15, 0.2) is 0 Å². The topological polar surface area (TPSA) is 20.2 Å². The summed E-state index contributed by atoms with van der Waals surface area (Å²) in [6.45, 7) is 16.1. The SMILES string of the molecule is CC1=C(C)C2(C)CC1CC2C.CC1=C(C)C2(C)CC1CC2O. The maximum absolute atomic E-state index is 9.73. The van der Waals surface area contributed by atoms with Crippen LogP contribution in [0.5, 0.6) is 0 Å². The van der Waals surface area contributed by atoms with Crippen molar-refractivity contribution >= 4 is 0 Å². The first-order valence-electron chi connectivity index (χ1n) is 9.15. The maximum atomic E-state index is 9.73. The Morgan fingerprint density at radius 3 is 1.59 bits per heavy atom. The van der Waals surface area contributed by atoms with E-state index in [0.717, 1.165) is 18.3 Å². The van der Waals surface area contributed by atoms with E-state index in [1.165, 1.54) is 30.4 Å². The van der Waals surface area contributed by atoms with Gasteiger partial charge < -0.3 is 5.11 Å². The lowest BCUT2D eigenvalue weighted by atomic mass is 9.74. The van der Waals surface area contributed by atoms with Crippen molar-refractivity contribution in [2.45, 2.75) is 80.3 Å². The summed E-state index contributed by atoms with van der Waals surface area (Å²) in [7, 11) is 0. The number of rotatable bonds is 0. The molecule has 6 atom stereocenters. The van der Waals surface area contributed by atoms with E-state index in [4.69, 9.17) is 0 Å². The molecule has 0 amide bonds. The first kappa shape index (κ1) is 16.3. The molecular weight excluding hydrogens is 268 g/mol. The van der Waals surface area contributed by atoms with Gasteiger partial charge in [0, 0.05) is 5.41 Å². The normalized spacial score (nSPS) is 49.1. The van der Waals surface area contributed by atoms with Crippen molar-refractivity contribution < 1.29 is 5.11 Å². The van der Waals surface area contributed by atoms with Gasteiger partial charge in [-0.1, -0.05) is 43.1 Å². The van der Waals surface area contributed by atoms with E-state index in [2.05, 4.69) is 48.5 Å². The minimum Gasteiger partial charge on any atom is -0.392 e. The van der Waals surface area contributed by atoms with Gasteiger partial charge in [0.1, 0.15) is 0 Å². The predicted molar refractivity (Wildman–Crippen MR) is 93.6 cm³/mol. The molecule has 0 aromatic heterocycles. The molecule has 4 bridgehead atoms. The van der Waals surface area contributed by atoms with Gasteiger partial charge >= 0.3 is 0 Å². The van der Waals surface area contributed by atoms with Crippen molar-refractivity contribution in [1.29, 1.82) is 0 Å². The van der Waals surface area contributed by atoms with Crippen LogP contribution in [0.3, 0.4) is 0 Å². The highest BCUT2D eigenvalue weighted by atomic mass is 16.3. The van der Waals surface area contributed by atoms with Gasteiger partial charge in [-0.3, -0.25) is 0 Å². The van der Waals surface area contributed by atoms with Crippen molar-refractivity contribution in [2.75, 3.05) is 0 Å². The fourth-order valence-electron chi connectivity index (χ4n) is 5.84. The molecule has 2 fully saturated rings. The fraction of sp³-hybridized carbons (Fsp3) is 0.810. The minimum absolute atomic E-state index is 0.0730. The second-order valence-electron chi connectivity index (χ2n) is 9.14. The second kappa shape index (κ2) is 4.97. The molecule has 2 saturated carbocycles. The summed E-state index contributed by atoms with van der Waals surface area (Å²) in [5.41, 5.74) is 7.09. The van der Waals surface area contributed by atoms with Crippen LogP contribution in [0.1, 0.15) is 74.1 Å². The molecule has 4 aliphatic rings. The summed E-state index contributed by atoms with van der Waals surface area (Å²) >= 11 is 0. The number of allylic oxidation sites excluding steroid dienone is 3. The molecule has 4 rings (SSSR count). The van der Waals surface area contributed by atoms with Gasteiger partial charge in [0.2, 0.25) is 0 Å². The number of hydrogen-bond donors (Lipinski definition) is 1. The third-order valence-electron chi connectivity index (χ3n) is 8.43. The van der Waals surface area contributed by atoms with Gasteiger partial charge in [0.05, 0.1) is 6.10 Å². The van der Waals surface area contributed by atoms with Gasteiger partial charge in [0.25, 0.3) is 0 Å². The molecule has 22 heavy (non-hydrogen) atoms. The van der Waals surface area contributed by atoms with Crippen molar-refractivity contribution in [3.05, 3.63) is 22.3 Å². The number of fused-ring (bicyclic) bond motifs is 4. The number of hydrogen-bond acceptors (Lipinski definition) is 1. The average Bonchev–Trinajstić information content (AvgIpc) is 3.07. The highest BCUT2D eigenvalue weighted by Gasteiger charge is 2.50. The van der Waals surface area contributed by atoms with Gasteiger partial charge in [-0.25, -0.2) is 0 Å². The number of aliphatic hydroxyl groups is 1.